The van der Waals surface area contributed by atoms with Crippen LogP contribution in [0, 0.1) is 11.8 Å². The van der Waals surface area contributed by atoms with Gasteiger partial charge in [-0.05, 0) is 11.5 Å². The van der Waals surface area contributed by atoms with Crippen molar-refractivity contribution in [3.8, 4) is 0 Å². The lowest BCUT2D eigenvalue weighted by Gasteiger charge is -2.22. The maximum atomic E-state index is 12.4. The molecule has 1 aromatic rings. The summed E-state index contributed by atoms with van der Waals surface area (Å²) in [6, 6.07) is 9.22. The summed E-state index contributed by atoms with van der Waals surface area (Å²) in [7, 11) is 0. The van der Waals surface area contributed by atoms with Gasteiger partial charge in [-0.15, -0.1) is 25.6 Å². The second-order valence-electron chi connectivity index (χ2n) is 5.76. The summed E-state index contributed by atoms with van der Waals surface area (Å²) in [5, 5.41) is 2.71. The van der Waals surface area contributed by atoms with E-state index >= 15 is 0 Å². The van der Waals surface area contributed by atoms with Crippen molar-refractivity contribution in [1.82, 2.24) is 10.2 Å². The Hall–Kier alpha value is -1.51. The van der Waals surface area contributed by atoms with Crippen LogP contribution < -0.4 is 5.32 Å². The van der Waals surface area contributed by atoms with Crippen molar-refractivity contribution in [2.75, 3.05) is 19.6 Å². The second kappa shape index (κ2) is 7.58. The number of halogens is 4. The van der Waals surface area contributed by atoms with Crippen LogP contribution in [-0.2, 0) is 16.1 Å². The van der Waals surface area contributed by atoms with Crippen LogP contribution in [0.4, 0.5) is 18.0 Å². The van der Waals surface area contributed by atoms with Gasteiger partial charge in [0.1, 0.15) is 12.8 Å². The molecule has 2 aliphatic rings. The van der Waals surface area contributed by atoms with E-state index in [2.05, 4.69) is 10.1 Å². The van der Waals surface area contributed by atoms with E-state index in [-0.39, 0.29) is 37.4 Å². The van der Waals surface area contributed by atoms with E-state index in [0.29, 0.717) is 13.1 Å². The number of rotatable bonds is 3. The third-order valence-electron chi connectivity index (χ3n) is 4.19. The summed E-state index contributed by atoms with van der Waals surface area (Å²) >= 11 is 0. The van der Waals surface area contributed by atoms with Gasteiger partial charge in [0.25, 0.3) is 0 Å². The Balaban J connectivity index is 0.00000208. The van der Waals surface area contributed by atoms with E-state index in [9.17, 15) is 18.0 Å². The minimum atomic E-state index is -4.69. The van der Waals surface area contributed by atoms with Gasteiger partial charge in [0.15, 0.2) is 0 Å². The van der Waals surface area contributed by atoms with Gasteiger partial charge >= 0.3 is 12.5 Å². The average molecular weight is 367 g/mol. The lowest BCUT2D eigenvalue weighted by molar-refractivity contribution is -0.349. The fourth-order valence-electron chi connectivity index (χ4n) is 3.11. The molecule has 2 fully saturated rings. The number of hydrogen-bond donors (Lipinski definition) is 1. The zero-order valence-electron chi connectivity index (χ0n) is 12.7. The Labute approximate surface area is 143 Å². The number of hydrogen-bond acceptors (Lipinski definition) is 4. The number of amides is 1. The molecule has 134 valence electrons. The largest absolute Gasteiger partial charge is 0.524 e. The van der Waals surface area contributed by atoms with Crippen LogP contribution in [0.2, 0.25) is 0 Å². The number of likely N-dealkylation sites (tertiary alicyclic amines) is 1. The zero-order chi connectivity index (χ0) is 16.4. The van der Waals surface area contributed by atoms with Gasteiger partial charge in [0, 0.05) is 25.6 Å². The Morgan fingerprint density at radius 1 is 1.25 bits per heavy atom. The van der Waals surface area contributed by atoms with Gasteiger partial charge in [-0.1, -0.05) is 30.3 Å². The van der Waals surface area contributed by atoms with E-state index in [4.69, 9.17) is 4.74 Å². The Morgan fingerprint density at radius 3 is 2.62 bits per heavy atom. The summed E-state index contributed by atoms with van der Waals surface area (Å²) in [6.45, 7) is 1.12. The Morgan fingerprint density at radius 2 is 1.96 bits per heavy atom. The topological polar surface area (TPSA) is 50.8 Å². The molecule has 0 radical (unpaired) electrons. The first-order valence-electron chi connectivity index (χ1n) is 7.36. The van der Waals surface area contributed by atoms with Crippen molar-refractivity contribution in [2.24, 2.45) is 11.8 Å². The van der Waals surface area contributed by atoms with Gasteiger partial charge in [-0.3, -0.25) is 10.1 Å². The normalized spacial score (nSPS) is 26.0. The molecule has 1 N–H and O–H groups in total. The fourth-order valence-corrected chi connectivity index (χ4v) is 3.11. The van der Waals surface area contributed by atoms with E-state index in [1.54, 1.807) is 0 Å². The van der Waals surface area contributed by atoms with E-state index in [1.807, 2.05) is 30.3 Å². The molecule has 0 spiro atoms. The van der Waals surface area contributed by atoms with Crippen LogP contribution >= 0.6 is 12.4 Å². The zero-order valence-corrected chi connectivity index (χ0v) is 13.5. The molecular weight excluding hydrogens is 349 g/mol. The molecule has 2 aliphatic heterocycles. The third-order valence-corrected chi connectivity index (χ3v) is 4.19. The highest BCUT2D eigenvalue weighted by atomic mass is 35.5. The molecule has 3 rings (SSSR count). The van der Waals surface area contributed by atoms with Crippen LogP contribution in [0.1, 0.15) is 5.56 Å². The smallest absolute Gasteiger partial charge is 0.445 e. The third kappa shape index (κ3) is 4.52. The number of fused-ring (bicyclic) bond motifs is 1. The molecule has 1 aromatic carbocycles. The first-order valence-corrected chi connectivity index (χ1v) is 7.36. The van der Waals surface area contributed by atoms with Crippen LogP contribution in [0.15, 0.2) is 30.3 Å². The highest BCUT2D eigenvalue weighted by molar-refractivity contribution is 5.85. The molecule has 1 amide bonds. The molecule has 3 atom stereocenters. The Bertz CT molecular complexity index is 559. The summed E-state index contributed by atoms with van der Waals surface area (Å²) in [5.74, 6) is -0.424. The lowest BCUT2D eigenvalue weighted by atomic mass is 9.99. The number of carbonyl (C=O) groups is 1. The minimum Gasteiger partial charge on any atom is -0.445 e. The first kappa shape index (κ1) is 18.8. The highest BCUT2D eigenvalue weighted by Crippen LogP contribution is 2.34. The van der Waals surface area contributed by atoms with Gasteiger partial charge in [-0.2, -0.15) is 0 Å². The molecular formula is C15H18ClF3N2O3. The molecule has 0 aromatic heterocycles. The monoisotopic (exact) mass is 366 g/mol. The minimum absolute atomic E-state index is 0. The number of alkyl halides is 3. The van der Waals surface area contributed by atoms with E-state index in [1.165, 1.54) is 4.90 Å². The van der Waals surface area contributed by atoms with Gasteiger partial charge in [0.05, 0.1) is 0 Å². The van der Waals surface area contributed by atoms with Crippen molar-refractivity contribution in [1.29, 1.82) is 0 Å². The van der Waals surface area contributed by atoms with Crippen molar-refractivity contribution >= 4 is 18.5 Å². The van der Waals surface area contributed by atoms with Crippen molar-refractivity contribution in [2.45, 2.75) is 19.2 Å². The SMILES string of the molecule is Cl.O=C(OCc1ccccc1)N1C[C@@H]2CNC(OC(F)(F)F)[C@@H]2C1. The molecule has 0 aliphatic carbocycles. The van der Waals surface area contributed by atoms with Gasteiger partial charge < -0.3 is 9.64 Å². The number of carbonyl (C=O) groups excluding carboxylic acids is 1. The number of ether oxygens (including phenoxy) is 2. The summed E-state index contributed by atoms with van der Waals surface area (Å²) < 4.78 is 46.4. The molecule has 5 nitrogen and oxygen atoms in total. The molecule has 0 saturated carbocycles. The standard InChI is InChI=1S/C15H17F3N2O3.ClH/c16-15(17,18)23-13-12-8-20(7-11(12)6-19-13)14(21)22-9-10-4-2-1-3-5-10;/h1-5,11-13,19H,6-9H2;1H/t11-,12+,13?;/m0./s1. The Kier molecular flexibility index (Phi) is 5.95. The summed E-state index contributed by atoms with van der Waals surface area (Å²) in [4.78, 5) is 13.5. The maximum Gasteiger partial charge on any atom is 0.524 e. The van der Waals surface area contributed by atoms with E-state index in [0.717, 1.165) is 5.56 Å². The molecule has 0 bridgehead atoms. The molecule has 2 heterocycles. The predicted molar refractivity (Wildman–Crippen MR) is 81.4 cm³/mol. The molecule has 9 heteroatoms. The summed E-state index contributed by atoms with van der Waals surface area (Å²) in [5.41, 5.74) is 0.861. The fraction of sp³-hybridized carbons (Fsp3) is 0.533. The first-order chi connectivity index (χ1) is 10.9. The predicted octanol–water partition coefficient (Wildman–Crippen LogP) is 2.76. The van der Waals surface area contributed by atoms with Gasteiger partial charge in [-0.25, -0.2) is 4.79 Å². The van der Waals surface area contributed by atoms with E-state index < -0.39 is 18.7 Å². The van der Waals surface area contributed by atoms with Crippen LogP contribution in [-0.4, -0.2) is 43.2 Å². The molecule has 24 heavy (non-hydrogen) atoms. The van der Waals surface area contributed by atoms with Gasteiger partial charge in [0.2, 0.25) is 0 Å². The second-order valence-corrected chi connectivity index (χ2v) is 5.76. The van der Waals surface area contributed by atoms with Crippen molar-refractivity contribution in [3.63, 3.8) is 0 Å². The average Bonchev–Trinajstić information content (AvgIpc) is 3.07. The van der Waals surface area contributed by atoms with Crippen LogP contribution in [0.3, 0.4) is 0 Å². The number of nitrogens with zero attached hydrogens (tertiary/aromatic N) is 1. The molecule has 1 unspecified atom stereocenters. The van der Waals surface area contributed by atoms with Crippen LogP contribution in [0.25, 0.3) is 0 Å². The van der Waals surface area contributed by atoms with Crippen molar-refractivity contribution in [3.05, 3.63) is 35.9 Å². The van der Waals surface area contributed by atoms with Crippen LogP contribution in [0.5, 0.6) is 0 Å². The quantitative estimate of drug-likeness (QED) is 0.893. The maximum absolute atomic E-state index is 12.4. The van der Waals surface area contributed by atoms with Crippen molar-refractivity contribution < 1.29 is 27.4 Å². The molecule has 2 saturated heterocycles. The summed E-state index contributed by atoms with van der Waals surface area (Å²) in [6.07, 6.45) is -6.30. The number of nitrogens with one attached hydrogen (secondary N) is 1. The number of benzene rings is 1. The lowest BCUT2D eigenvalue weighted by Crippen LogP contribution is -2.39. The highest BCUT2D eigenvalue weighted by Gasteiger charge is 2.48.